The third-order valence-corrected chi connectivity index (χ3v) is 6.27. The minimum Gasteiger partial charge on any atom is -0.487 e. The molecule has 2 atom stereocenters. The molecule has 2 aromatic heterocycles. The Hall–Kier alpha value is -3.69. The van der Waals surface area contributed by atoms with Crippen molar-refractivity contribution in [3.63, 3.8) is 0 Å². The first kappa shape index (κ1) is 20.2. The summed E-state index contributed by atoms with van der Waals surface area (Å²) in [7, 11) is 1.91. The Labute approximate surface area is 182 Å². The lowest BCUT2D eigenvalue weighted by Crippen LogP contribution is -2.36. The first-order valence-corrected chi connectivity index (χ1v) is 10.4. The highest BCUT2D eigenvalue weighted by Gasteiger charge is 2.34. The molecule has 0 amide bonds. The number of halogens is 1. The van der Waals surface area contributed by atoms with Crippen LogP contribution in [0.4, 0.5) is 16.0 Å². The summed E-state index contributed by atoms with van der Waals surface area (Å²) in [4.78, 5) is 36.8. The summed E-state index contributed by atoms with van der Waals surface area (Å²) in [6.45, 7) is 3.23. The number of carbonyl (C=O) groups is 1. The van der Waals surface area contributed by atoms with Gasteiger partial charge >= 0.3 is 5.97 Å². The second-order valence-corrected chi connectivity index (χ2v) is 8.22. The maximum Gasteiger partial charge on any atom is 0.341 e. The van der Waals surface area contributed by atoms with Crippen LogP contribution in [0.15, 0.2) is 35.5 Å². The van der Waals surface area contributed by atoms with E-state index in [1.54, 1.807) is 23.0 Å². The maximum absolute atomic E-state index is 15.4. The van der Waals surface area contributed by atoms with Crippen molar-refractivity contribution < 1.29 is 19.0 Å². The summed E-state index contributed by atoms with van der Waals surface area (Å²) in [5, 5.41) is 9.44. The standard InChI is InChI=1S/C22H22FN5O4/c1-12-11-32-20-17-14(19(29)15(21(30)31)10-28(12)17)8-16(23)18(20)27-7-4-13(9-27)26(2)22-24-5-3-6-25-22/h3,5-6,8,10,12-13H,4,7,9,11H2,1-2H3,(H,30,31)/t12-,13+/m0/s1. The summed E-state index contributed by atoms with van der Waals surface area (Å²) in [6, 6.07) is 2.76. The van der Waals surface area contributed by atoms with E-state index < -0.39 is 17.2 Å². The zero-order valence-corrected chi connectivity index (χ0v) is 17.7. The van der Waals surface area contributed by atoms with Gasteiger partial charge in [0.2, 0.25) is 11.4 Å². The highest BCUT2D eigenvalue weighted by Crippen LogP contribution is 2.43. The fourth-order valence-corrected chi connectivity index (χ4v) is 4.56. The van der Waals surface area contributed by atoms with Crippen LogP contribution in [-0.4, -0.2) is 58.4 Å². The molecule has 32 heavy (non-hydrogen) atoms. The number of carboxylic acid groups (broad SMARTS) is 1. The number of ether oxygens (including phenoxy) is 1. The first-order valence-electron chi connectivity index (χ1n) is 10.4. The minimum absolute atomic E-state index is 0.0123. The average molecular weight is 439 g/mol. The Morgan fingerprint density at radius 2 is 2.09 bits per heavy atom. The number of hydrogen-bond acceptors (Lipinski definition) is 7. The number of pyridine rings is 1. The van der Waals surface area contributed by atoms with Gasteiger partial charge in [0.05, 0.1) is 23.0 Å². The van der Waals surface area contributed by atoms with Gasteiger partial charge < -0.3 is 24.2 Å². The van der Waals surface area contributed by atoms with Gasteiger partial charge in [-0.05, 0) is 25.5 Å². The molecule has 10 heteroatoms. The van der Waals surface area contributed by atoms with Gasteiger partial charge in [-0.2, -0.15) is 0 Å². The van der Waals surface area contributed by atoms with Crippen LogP contribution < -0.4 is 20.0 Å². The Morgan fingerprint density at radius 3 is 2.81 bits per heavy atom. The molecule has 9 nitrogen and oxygen atoms in total. The Balaban J connectivity index is 1.59. The molecule has 1 fully saturated rings. The van der Waals surface area contributed by atoms with Crippen LogP contribution in [0.2, 0.25) is 0 Å². The third-order valence-electron chi connectivity index (χ3n) is 6.27. The molecular formula is C22H22FN5O4. The van der Waals surface area contributed by atoms with E-state index >= 15 is 4.39 Å². The van der Waals surface area contributed by atoms with Gasteiger partial charge in [-0.25, -0.2) is 19.2 Å². The second kappa shape index (κ2) is 7.47. The fourth-order valence-electron chi connectivity index (χ4n) is 4.56. The van der Waals surface area contributed by atoms with Gasteiger partial charge in [-0.15, -0.1) is 0 Å². The highest BCUT2D eigenvalue weighted by atomic mass is 19.1. The molecule has 5 rings (SSSR count). The molecule has 0 radical (unpaired) electrons. The first-order chi connectivity index (χ1) is 15.4. The van der Waals surface area contributed by atoms with Crippen molar-refractivity contribution in [1.29, 1.82) is 0 Å². The zero-order chi connectivity index (χ0) is 22.6. The minimum atomic E-state index is -1.33. The van der Waals surface area contributed by atoms with E-state index in [1.807, 2.05) is 23.8 Å². The smallest absolute Gasteiger partial charge is 0.341 e. The van der Waals surface area contributed by atoms with Gasteiger partial charge in [-0.1, -0.05) is 0 Å². The summed E-state index contributed by atoms with van der Waals surface area (Å²) in [5.41, 5.74) is -0.368. The van der Waals surface area contributed by atoms with Crippen molar-refractivity contribution in [2.24, 2.45) is 0 Å². The summed E-state index contributed by atoms with van der Waals surface area (Å²) >= 11 is 0. The number of anilines is 2. The van der Waals surface area contributed by atoms with Gasteiger partial charge in [0.15, 0.2) is 11.6 Å². The molecule has 1 aromatic carbocycles. The number of aromatic nitrogens is 3. The lowest BCUT2D eigenvalue weighted by atomic mass is 10.1. The second-order valence-electron chi connectivity index (χ2n) is 8.22. The third kappa shape index (κ3) is 3.05. The van der Waals surface area contributed by atoms with Crippen molar-refractivity contribution in [3.8, 4) is 5.75 Å². The van der Waals surface area contributed by atoms with Gasteiger partial charge in [0.25, 0.3) is 0 Å². The lowest BCUT2D eigenvalue weighted by molar-refractivity contribution is 0.0694. The average Bonchev–Trinajstić information content (AvgIpc) is 3.26. The van der Waals surface area contributed by atoms with Crippen molar-refractivity contribution >= 4 is 28.5 Å². The van der Waals surface area contributed by atoms with E-state index in [4.69, 9.17) is 4.74 Å². The van der Waals surface area contributed by atoms with Crippen LogP contribution in [-0.2, 0) is 0 Å². The molecule has 1 saturated heterocycles. The Morgan fingerprint density at radius 1 is 1.34 bits per heavy atom. The fraction of sp³-hybridized carbons (Fsp3) is 0.364. The molecule has 0 spiro atoms. The van der Waals surface area contributed by atoms with Crippen molar-refractivity contribution in [3.05, 3.63) is 52.3 Å². The van der Waals surface area contributed by atoms with Crippen molar-refractivity contribution in [2.75, 3.05) is 36.5 Å². The molecule has 166 valence electrons. The number of aromatic carboxylic acids is 1. The van der Waals surface area contributed by atoms with Gasteiger partial charge in [0, 0.05) is 38.7 Å². The summed E-state index contributed by atoms with van der Waals surface area (Å²) in [5.74, 6) is -1.06. The molecule has 2 aliphatic rings. The molecule has 0 unspecified atom stereocenters. The highest BCUT2D eigenvalue weighted by molar-refractivity contribution is 5.97. The number of benzene rings is 1. The normalized spacial score (nSPS) is 19.8. The van der Waals surface area contributed by atoms with Crippen LogP contribution in [0.25, 0.3) is 10.9 Å². The molecule has 0 aliphatic carbocycles. The van der Waals surface area contributed by atoms with Crippen LogP contribution in [0, 0.1) is 5.82 Å². The number of likely N-dealkylation sites (N-methyl/N-ethyl adjacent to an activating group) is 1. The molecular weight excluding hydrogens is 417 g/mol. The van der Waals surface area contributed by atoms with Crippen molar-refractivity contribution in [2.45, 2.75) is 25.4 Å². The largest absolute Gasteiger partial charge is 0.487 e. The monoisotopic (exact) mass is 439 g/mol. The molecule has 0 saturated carbocycles. The quantitative estimate of drug-likeness (QED) is 0.661. The van der Waals surface area contributed by atoms with E-state index in [2.05, 4.69) is 9.97 Å². The number of hydrogen-bond donors (Lipinski definition) is 1. The van der Waals surface area contributed by atoms with E-state index in [0.717, 1.165) is 12.5 Å². The van der Waals surface area contributed by atoms with Crippen LogP contribution in [0.1, 0.15) is 29.7 Å². The van der Waals surface area contributed by atoms with Gasteiger partial charge in [-0.3, -0.25) is 4.79 Å². The molecule has 1 N–H and O–H groups in total. The van der Waals surface area contributed by atoms with Crippen LogP contribution in [0.5, 0.6) is 5.75 Å². The molecule has 2 aliphatic heterocycles. The molecule has 4 heterocycles. The van der Waals surface area contributed by atoms with Gasteiger partial charge in [0.1, 0.15) is 17.9 Å². The van der Waals surface area contributed by atoms with E-state index in [1.165, 1.54) is 6.20 Å². The van der Waals surface area contributed by atoms with E-state index in [-0.39, 0.29) is 35.4 Å². The SMILES string of the molecule is C[C@H]1COc2c(N3CC[C@@H](N(C)c4ncccn4)C3)c(F)cc3c(=O)c(C(=O)O)cn1c23. The topological polar surface area (TPSA) is 101 Å². The number of carboxylic acids is 1. The summed E-state index contributed by atoms with van der Waals surface area (Å²) in [6.07, 6.45) is 5.46. The predicted molar refractivity (Wildman–Crippen MR) is 116 cm³/mol. The molecule has 0 bridgehead atoms. The molecule has 3 aromatic rings. The van der Waals surface area contributed by atoms with Crippen LogP contribution >= 0.6 is 0 Å². The van der Waals surface area contributed by atoms with E-state index in [9.17, 15) is 14.7 Å². The Kier molecular flexibility index (Phi) is 4.72. The maximum atomic E-state index is 15.4. The Bertz CT molecular complexity index is 1280. The van der Waals surface area contributed by atoms with Crippen molar-refractivity contribution in [1.82, 2.24) is 14.5 Å². The van der Waals surface area contributed by atoms with Crippen LogP contribution in [0.3, 0.4) is 0 Å². The number of rotatable bonds is 4. The van der Waals surface area contributed by atoms with E-state index in [0.29, 0.717) is 30.2 Å². The predicted octanol–water partition coefficient (Wildman–Crippen LogP) is 2.30. The summed E-state index contributed by atoms with van der Waals surface area (Å²) < 4.78 is 23.0. The number of nitrogens with zero attached hydrogens (tertiary/aromatic N) is 5. The zero-order valence-electron chi connectivity index (χ0n) is 17.7. The lowest BCUT2D eigenvalue weighted by Gasteiger charge is -2.31.